The number of fused-ring (bicyclic) bond motifs is 3. The number of hydrogen-bond acceptors (Lipinski definition) is 2. The van der Waals surface area contributed by atoms with E-state index in [4.69, 9.17) is 4.98 Å². The number of para-hydroxylation sites is 1. The molecule has 2 heterocycles. The van der Waals surface area contributed by atoms with Crippen LogP contribution in [0.3, 0.4) is 0 Å². The first-order valence-corrected chi connectivity index (χ1v) is 7.89. The van der Waals surface area contributed by atoms with Crippen molar-refractivity contribution in [1.82, 2.24) is 9.55 Å². The second-order valence-electron chi connectivity index (χ2n) is 5.66. The van der Waals surface area contributed by atoms with Gasteiger partial charge in [0, 0.05) is 30.7 Å². The van der Waals surface area contributed by atoms with Gasteiger partial charge in [0.1, 0.15) is 5.82 Å². The molecule has 110 valence electrons. The van der Waals surface area contributed by atoms with Crippen LogP contribution in [0.2, 0.25) is 0 Å². The number of aromatic nitrogens is 2. The van der Waals surface area contributed by atoms with E-state index in [1.54, 1.807) is 0 Å². The minimum absolute atomic E-state index is 1.02. The van der Waals surface area contributed by atoms with E-state index in [1.807, 2.05) is 13.2 Å². The molecule has 0 radical (unpaired) electrons. The zero-order valence-corrected chi connectivity index (χ0v) is 12.9. The summed E-state index contributed by atoms with van der Waals surface area (Å²) in [5, 5.41) is 4.79. The maximum Gasteiger partial charge on any atom is 0.141 e. The van der Waals surface area contributed by atoms with Gasteiger partial charge in [0.05, 0.1) is 11.2 Å². The second-order valence-corrected chi connectivity index (χ2v) is 5.66. The Labute approximate surface area is 126 Å². The van der Waals surface area contributed by atoms with Crippen LogP contribution in [0.5, 0.6) is 0 Å². The fourth-order valence-electron chi connectivity index (χ4n) is 2.86. The highest BCUT2D eigenvalue weighted by atomic mass is 15.0. The molecule has 0 aromatic heterocycles. The van der Waals surface area contributed by atoms with Gasteiger partial charge < -0.3 is 9.88 Å². The minimum atomic E-state index is 1.02. The summed E-state index contributed by atoms with van der Waals surface area (Å²) in [6.07, 6.45) is 7.16. The fraction of sp³-hybridized carbons (Fsp3) is 0.389. The molecule has 3 nitrogen and oxygen atoms in total. The fourth-order valence-corrected chi connectivity index (χ4v) is 2.86. The van der Waals surface area contributed by atoms with E-state index in [0.717, 1.165) is 23.6 Å². The molecule has 0 saturated heterocycles. The molecule has 0 atom stereocenters. The molecule has 1 aromatic carbocycles. The van der Waals surface area contributed by atoms with Crippen LogP contribution in [0, 0.1) is 0 Å². The summed E-state index contributed by atoms with van der Waals surface area (Å²) < 4.78 is 2.08. The maximum atomic E-state index is 4.83. The lowest BCUT2D eigenvalue weighted by Crippen LogP contribution is -2.01. The van der Waals surface area contributed by atoms with Gasteiger partial charge in [-0.3, -0.25) is 0 Å². The maximum absolute atomic E-state index is 4.83. The van der Waals surface area contributed by atoms with Crippen LogP contribution in [0.4, 0.5) is 5.69 Å². The van der Waals surface area contributed by atoms with Crippen LogP contribution in [0.25, 0.3) is 22.3 Å². The lowest BCUT2D eigenvalue weighted by atomic mass is 10.1. The van der Waals surface area contributed by atoms with Crippen molar-refractivity contribution in [3.05, 3.63) is 36.5 Å². The first kappa shape index (κ1) is 13.9. The number of anilines is 1. The lowest BCUT2D eigenvalue weighted by molar-refractivity contribution is 0.685. The first-order chi connectivity index (χ1) is 10.3. The zero-order valence-electron chi connectivity index (χ0n) is 12.9. The second kappa shape index (κ2) is 6.17. The number of nitrogens with zero attached hydrogens (tertiary/aromatic N) is 2. The molecule has 2 aliphatic heterocycles. The number of rotatable bonds is 6. The van der Waals surface area contributed by atoms with E-state index in [2.05, 4.69) is 47.1 Å². The normalized spacial score (nSPS) is 11.3. The topological polar surface area (TPSA) is 29.9 Å². The van der Waals surface area contributed by atoms with Gasteiger partial charge in [0.15, 0.2) is 0 Å². The molecule has 0 saturated carbocycles. The standard InChI is InChI=1S/C18H23N3/c1-3-4-5-6-12-19-16-11-7-9-14-15-10-8-13-21(2)18(15)20-17(14)16/h7-11,13,19H,3-6,12H2,1-2H3. The van der Waals surface area contributed by atoms with Crippen molar-refractivity contribution in [1.29, 1.82) is 0 Å². The Hall–Kier alpha value is -2.03. The Morgan fingerprint density at radius 1 is 1.10 bits per heavy atom. The van der Waals surface area contributed by atoms with Crippen LogP contribution in [-0.4, -0.2) is 16.1 Å². The molecule has 1 aromatic rings. The van der Waals surface area contributed by atoms with Crippen molar-refractivity contribution in [3.63, 3.8) is 0 Å². The summed E-state index contributed by atoms with van der Waals surface area (Å²) in [4.78, 5) is 4.83. The van der Waals surface area contributed by atoms with Crippen LogP contribution >= 0.6 is 0 Å². The average molecular weight is 281 g/mol. The molecule has 2 aliphatic rings. The van der Waals surface area contributed by atoms with Gasteiger partial charge in [0.25, 0.3) is 0 Å². The van der Waals surface area contributed by atoms with Crippen LogP contribution in [-0.2, 0) is 7.05 Å². The number of hydrogen-bond donors (Lipinski definition) is 1. The van der Waals surface area contributed by atoms with Gasteiger partial charge in [-0.2, -0.15) is 0 Å². The molecule has 0 aliphatic carbocycles. The molecule has 0 spiro atoms. The summed E-state index contributed by atoms with van der Waals surface area (Å²) in [5.41, 5.74) is 3.47. The zero-order chi connectivity index (χ0) is 14.7. The highest BCUT2D eigenvalue weighted by Gasteiger charge is 2.15. The van der Waals surface area contributed by atoms with Gasteiger partial charge >= 0.3 is 0 Å². The van der Waals surface area contributed by atoms with Crippen LogP contribution in [0.1, 0.15) is 32.6 Å². The third kappa shape index (κ3) is 2.73. The quantitative estimate of drug-likeness (QED) is 0.665. The molecule has 0 bridgehead atoms. The predicted molar refractivity (Wildman–Crippen MR) is 90.0 cm³/mol. The average Bonchev–Trinajstić information content (AvgIpc) is 2.88. The summed E-state index contributed by atoms with van der Waals surface area (Å²) >= 11 is 0. The monoisotopic (exact) mass is 281 g/mol. The number of nitrogens with one attached hydrogen (secondary N) is 1. The SMILES string of the molecule is CCCCCCNc1cccc2c3cccn(C)c-3nc12. The van der Waals surface area contributed by atoms with E-state index in [0.29, 0.717) is 0 Å². The summed E-state index contributed by atoms with van der Waals surface area (Å²) in [7, 11) is 2.05. The molecule has 21 heavy (non-hydrogen) atoms. The summed E-state index contributed by atoms with van der Waals surface area (Å²) in [6, 6.07) is 10.6. The Kier molecular flexibility index (Phi) is 4.09. The van der Waals surface area contributed by atoms with Crippen molar-refractivity contribution in [3.8, 4) is 11.4 Å². The van der Waals surface area contributed by atoms with Crippen molar-refractivity contribution in [2.45, 2.75) is 32.6 Å². The highest BCUT2D eigenvalue weighted by Crippen LogP contribution is 2.34. The third-order valence-corrected chi connectivity index (χ3v) is 4.04. The lowest BCUT2D eigenvalue weighted by Gasteiger charge is -2.06. The van der Waals surface area contributed by atoms with Crippen molar-refractivity contribution in [2.24, 2.45) is 7.05 Å². The van der Waals surface area contributed by atoms with E-state index in [1.165, 1.54) is 36.6 Å². The Bertz CT molecular complexity index is 699. The minimum Gasteiger partial charge on any atom is -0.383 e. The van der Waals surface area contributed by atoms with Crippen molar-refractivity contribution >= 4 is 16.6 Å². The molecule has 3 rings (SSSR count). The number of unbranched alkanes of at least 4 members (excludes halogenated alkanes) is 3. The summed E-state index contributed by atoms with van der Waals surface area (Å²) in [5.74, 6) is 1.05. The van der Waals surface area contributed by atoms with Gasteiger partial charge in [-0.25, -0.2) is 4.98 Å². The Morgan fingerprint density at radius 2 is 2.00 bits per heavy atom. The van der Waals surface area contributed by atoms with E-state index < -0.39 is 0 Å². The molecule has 1 N–H and O–H groups in total. The van der Waals surface area contributed by atoms with Gasteiger partial charge in [-0.15, -0.1) is 0 Å². The molecular formula is C18H23N3. The first-order valence-electron chi connectivity index (χ1n) is 7.89. The van der Waals surface area contributed by atoms with Gasteiger partial charge in [-0.05, 0) is 24.6 Å². The molecule has 0 amide bonds. The molecule has 0 unspecified atom stereocenters. The van der Waals surface area contributed by atoms with Crippen LogP contribution < -0.4 is 5.32 Å². The number of aryl methyl sites for hydroxylation is 1. The van der Waals surface area contributed by atoms with Gasteiger partial charge in [0.2, 0.25) is 0 Å². The third-order valence-electron chi connectivity index (χ3n) is 4.04. The Morgan fingerprint density at radius 3 is 2.86 bits per heavy atom. The molecule has 3 heteroatoms. The largest absolute Gasteiger partial charge is 0.383 e. The van der Waals surface area contributed by atoms with E-state index in [9.17, 15) is 0 Å². The van der Waals surface area contributed by atoms with E-state index in [-0.39, 0.29) is 0 Å². The van der Waals surface area contributed by atoms with Crippen molar-refractivity contribution in [2.75, 3.05) is 11.9 Å². The number of benzene rings is 1. The molecular weight excluding hydrogens is 258 g/mol. The molecule has 0 fully saturated rings. The number of pyridine rings is 1. The smallest absolute Gasteiger partial charge is 0.141 e. The van der Waals surface area contributed by atoms with Crippen LogP contribution in [0.15, 0.2) is 36.5 Å². The van der Waals surface area contributed by atoms with E-state index >= 15 is 0 Å². The van der Waals surface area contributed by atoms with Gasteiger partial charge in [-0.1, -0.05) is 38.3 Å². The Balaban J connectivity index is 1.88. The highest BCUT2D eigenvalue weighted by molar-refractivity contribution is 6.02. The predicted octanol–water partition coefficient (Wildman–Crippen LogP) is 4.67. The van der Waals surface area contributed by atoms with Crippen molar-refractivity contribution < 1.29 is 0 Å². The summed E-state index contributed by atoms with van der Waals surface area (Å²) in [6.45, 7) is 3.27.